The van der Waals surface area contributed by atoms with Crippen molar-refractivity contribution in [3.63, 3.8) is 0 Å². The van der Waals surface area contributed by atoms with Gasteiger partial charge in [0, 0.05) is 25.2 Å². The molecule has 0 aromatic heterocycles. The molecule has 3 heteroatoms. The molecule has 1 aliphatic rings. The van der Waals surface area contributed by atoms with Gasteiger partial charge in [-0.25, -0.2) is 4.79 Å². The standard InChI is InChI=1S/C14H17NO2/c1-2-11(14(16)17)7-8-15-9-12-5-3-4-6-13(12)10-15/h3-7H,2,8-10H2,1H3,(H,16,17). The first-order valence-electron chi connectivity index (χ1n) is 5.92. The van der Waals surface area contributed by atoms with Gasteiger partial charge in [-0.05, 0) is 17.5 Å². The second-order valence-electron chi connectivity index (χ2n) is 4.33. The van der Waals surface area contributed by atoms with Gasteiger partial charge in [0.1, 0.15) is 0 Å². The predicted molar refractivity (Wildman–Crippen MR) is 66.6 cm³/mol. The topological polar surface area (TPSA) is 40.5 Å². The number of nitrogens with zero attached hydrogens (tertiary/aromatic N) is 1. The zero-order valence-electron chi connectivity index (χ0n) is 10.0. The van der Waals surface area contributed by atoms with Crippen molar-refractivity contribution < 1.29 is 9.90 Å². The second kappa shape index (κ2) is 5.15. The van der Waals surface area contributed by atoms with Crippen LogP contribution < -0.4 is 0 Å². The third kappa shape index (κ3) is 2.74. The Morgan fingerprint density at radius 2 is 1.94 bits per heavy atom. The van der Waals surface area contributed by atoms with E-state index in [1.165, 1.54) is 11.1 Å². The molecule has 0 amide bonds. The number of aliphatic carboxylic acids is 1. The number of benzene rings is 1. The molecule has 3 nitrogen and oxygen atoms in total. The second-order valence-corrected chi connectivity index (χ2v) is 4.33. The summed E-state index contributed by atoms with van der Waals surface area (Å²) < 4.78 is 0. The zero-order valence-corrected chi connectivity index (χ0v) is 10.0. The first-order chi connectivity index (χ1) is 8.20. The molecule has 90 valence electrons. The molecular formula is C14H17NO2. The predicted octanol–water partition coefficient (Wildman–Crippen LogP) is 2.42. The summed E-state index contributed by atoms with van der Waals surface area (Å²) in [5, 5.41) is 8.93. The molecule has 1 aliphatic heterocycles. The minimum Gasteiger partial charge on any atom is -0.478 e. The highest BCUT2D eigenvalue weighted by molar-refractivity contribution is 5.86. The van der Waals surface area contributed by atoms with Crippen molar-refractivity contribution in [3.8, 4) is 0 Å². The van der Waals surface area contributed by atoms with E-state index in [9.17, 15) is 4.79 Å². The van der Waals surface area contributed by atoms with Gasteiger partial charge in [0.2, 0.25) is 0 Å². The lowest BCUT2D eigenvalue weighted by molar-refractivity contribution is -0.132. The Kier molecular flexibility index (Phi) is 3.59. The van der Waals surface area contributed by atoms with Crippen LogP contribution in [0.5, 0.6) is 0 Å². The summed E-state index contributed by atoms with van der Waals surface area (Å²) in [6, 6.07) is 8.37. The molecule has 1 aromatic rings. The highest BCUT2D eigenvalue weighted by Gasteiger charge is 2.17. The van der Waals surface area contributed by atoms with Crippen LogP contribution in [0.25, 0.3) is 0 Å². The molecular weight excluding hydrogens is 214 g/mol. The molecule has 2 rings (SSSR count). The van der Waals surface area contributed by atoms with E-state index in [4.69, 9.17) is 5.11 Å². The van der Waals surface area contributed by atoms with Crippen LogP contribution in [-0.2, 0) is 17.9 Å². The normalized spacial score (nSPS) is 15.9. The third-order valence-electron chi connectivity index (χ3n) is 3.16. The molecule has 0 saturated heterocycles. The third-order valence-corrected chi connectivity index (χ3v) is 3.16. The molecule has 0 saturated carbocycles. The van der Waals surface area contributed by atoms with E-state index in [1.807, 2.05) is 25.1 Å². The van der Waals surface area contributed by atoms with E-state index >= 15 is 0 Å². The van der Waals surface area contributed by atoms with Crippen LogP contribution in [0.15, 0.2) is 35.9 Å². The van der Waals surface area contributed by atoms with Crippen molar-refractivity contribution in [2.24, 2.45) is 0 Å². The van der Waals surface area contributed by atoms with E-state index < -0.39 is 5.97 Å². The van der Waals surface area contributed by atoms with Crippen molar-refractivity contribution in [3.05, 3.63) is 47.0 Å². The number of fused-ring (bicyclic) bond motifs is 1. The summed E-state index contributed by atoms with van der Waals surface area (Å²) in [6.45, 7) is 4.43. The minimum atomic E-state index is -0.802. The number of hydrogen-bond donors (Lipinski definition) is 1. The van der Waals surface area contributed by atoms with Gasteiger partial charge in [-0.3, -0.25) is 4.90 Å². The highest BCUT2D eigenvalue weighted by Crippen LogP contribution is 2.21. The maximum atomic E-state index is 10.9. The summed E-state index contributed by atoms with van der Waals surface area (Å²) in [4.78, 5) is 13.1. The molecule has 0 aliphatic carbocycles. The maximum Gasteiger partial charge on any atom is 0.331 e. The van der Waals surface area contributed by atoms with Crippen molar-refractivity contribution in [2.45, 2.75) is 26.4 Å². The molecule has 1 N–H and O–H groups in total. The highest BCUT2D eigenvalue weighted by atomic mass is 16.4. The first kappa shape index (κ1) is 11.9. The van der Waals surface area contributed by atoms with Gasteiger partial charge in [-0.2, -0.15) is 0 Å². The zero-order chi connectivity index (χ0) is 12.3. The van der Waals surface area contributed by atoms with E-state index in [-0.39, 0.29) is 0 Å². The Labute approximate surface area is 101 Å². The number of carboxylic acids is 1. The van der Waals surface area contributed by atoms with Crippen LogP contribution in [0.1, 0.15) is 24.5 Å². The summed E-state index contributed by atoms with van der Waals surface area (Å²) in [7, 11) is 0. The van der Waals surface area contributed by atoms with Crippen molar-refractivity contribution >= 4 is 5.97 Å². The van der Waals surface area contributed by atoms with Gasteiger partial charge in [-0.1, -0.05) is 37.3 Å². The van der Waals surface area contributed by atoms with E-state index in [2.05, 4.69) is 17.0 Å². The molecule has 1 aromatic carbocycles. The van der Waals surface area contributed by atoms with Gasteiger partial charge >= 0.3 is 5.97 Å². The Hall–Kier alpha value is -1.61. The van der Waals surface area contributed by atoms with Gasteiger partial charge in [0.05, 0.1) is 0 Å². The monoisotopic (exact) mass is 231 g/mol. The molecule has 0 bridgehead atoms. The van der Waals surface area contributed by atoms with Crippen molar-refractivity contribution in [1.82, 2.24) is 4.90 Å². The maximum absolute atomic E-state index is 10.9. The lowest BCUT2D eigenvalue weighted by atomic mass is 10.1. The number of rotatable bonds is 4. The van der Waals surface area contributed by atoms with E-state index in [1.54, 1.807) is 0 Å². The smallest absolute Gasteiger partial charge is 0.331 e. The van der Waals surface area contributed by atoms with Gasteiger partial charge < -0.3 is 5.11 Å². The lowest BCUT2D eigenvalue weighted by Crippen LogP contribution is -2.17. The van der Waals surface area contributed by atoms with Crippen LogP contribution in [0.4, 0.5) is 0 Å². The number of carbonyl (C=O) groups is 1. The molecule has 0 fully saturated rings. The molecule has 0 radical (unpaired) electrons. The quantitative estimate of drug-likeness (QED) is 0.809. The Balaban J connectivity index is 1.98. The molecule has 0 atom stereocenters. The summed E-state index contributed by atoms with van der Waals surface area (Å²) in [5.41, 5.74) is 3.21. The van der Waals surface area contributed by atoms with Crippen LogP contribution in [0.3, 0.4) is 0 Å². The summed E-state index contributed by atoms with van der Waals surface area (Å²) in [5.74, 6) is -0.802. The SMILES string of the molecule is CCC(=CCN1Cc2ccccc2C1)C(=O)O. The van der Waals surface area contributed by atoms with Crippen molar-refractivity contribution in [2.75, 3.05) is 6.54 Å². The number of hydrogen-bond acceptors (Lipinski definition) is 2. The van der Waals surface area contributed by atoms with Gasteiger partial charge in [-0.15, -0.1) is 0 Å². The molecule has 0 unspecified atom stereocenters. The van der Waals surface area contributed by atoms with Crippen LogP contribution >= 0.6 is 0 Å². The van der Waals surface area contributed by atoms with Crippen LogP contribution in [-0.4, -0.2) is 22.5 Å². The van der Waals surface area contributed by atoms with Crippen LogP contribution in [0, 0.1) is 0 Å². The first-order valence-corrected chi connectivity index (χ1v) is 5.92. The summed E-state index contributed by atoms with van der Waals surface area (Å²) >= 11 is 0. The van der Waals surface area contributed by atoms with Crippen LogP contribution in [0.2, 0.25) is 0 Å². The minimum absolute atomic E-state index is 0.501. The summed E-state index contributed by atoms with van der Waals surface area (Å²) in [6.07, 6.45) is 2.41. The Morgan fingerprint density at radius 3 is 2.41 bits per heavy atom. The lowest BCUT2D eigenvalue weighted by Gasteiger charge is -2.12. The molecule has 17 heavy (non-hydrogen) atoms. The fourth-order valence-corrected chi connectivity index (χ4v) is 2.15. The number of carboxylic acid groups (broad SMARTS) is 1. The fourth-order valence-electron chi connectivity index (χ4n) is 2.15. The average molecular weight is 231 g/mol. The molecule has 1 heterocycles. The van der Waals surface area contributed by atoms with Gasteiger partial charge in [0.25, 0.3) is 0 Å². The van der Waals surface area contributed by atoms with Crippen molar-refractivity contribution in [1.29, 1.82) is 0 Å². The molecule has 0 spiro atoms. The average Bonchev–Trinajstić information content (AvgIpc) is 2.71. The fraction of sp³-hybridized carbons (Fsp3) is 0.357. The van der Waals surface area contributed by atoms with Gasteiger partial charge in [0.15, 0.2) is 0 Å². The Bertz CT molecular complexity index is 426. The largest absolute Gasteiger partial charge is 0.478 e. The Morgan fingerprint density at radius 1 is 1.35 bits per heavy atom. The van der Waals surface area contributed by atoms with E-state index in [0.717, 1.165) is 13.1 Å². The van der Waals surface area contributed by atoms with E-state index in [0.29, 0.717) is 18.5 Å².